The van der Waals surface area contributed by atoms with Crippen LogP contribution in [0.25, 0.3) is 0 Å². The van der Waals surface area contributed by atoms with Crippen molar-refractivity contribution in [3.63, 3.8) is 0 Å². The highest BCUT2D eigenvalue weighted by atomic mass is 35.5. The molecule has 0 spiro atoms. The summed E-state index contributed by atoms with van der Waals surface area (Å²) in [6.45, 7) is 1.38. The molecule has 0 bridgehead atoms. The Hall–Kier alpha value is -2.38. The number of carbonyl (C=O) groups excluding carboxylic acids is 1. The van der Waals surface area contributed by atoms with E-state index < -0.39 is 20.8 Å². The number of amides is 1. The van der Waals surface area contributed by atoms with Crippen LogP contribution >= 0.6 is 11.6 Å². The van der Waals surface area contributed by atoms with Crippen LogP contribution in [-0.2, 0) is 21.2 Å². The number of hydrogen-bond donors (Lipinski definition) is 0. The summed E-state index contributed by atoms with van der Waals surface area (Å²) in [6.07, 6.45) is 1.75. The Kier molecular flexibility index (Phi) is 4.65. The van der Waals surface area contributed by atoms with Crippen LogP contribution in [-0.4, -0.2) is 37.4 Å². The zero-order valence-corrected chi connectivity index (χ0v) is 16.1. The molecule has 2 aliphatic heterocycles. The molecular formula is C19H18ClN3O3S. The van der Waals surface area contributed by atoms with Gasteiger partial charge in [0.25, 0.3) is 5.91 Å². The summed E-state index contributed by atoms with van der Waals surface area (Å²) in [7, 11) is -3.97. The molecule has 0 aromatic heterocycles. The Bertz CT molecular complexity index is 1030. The Morgan fingerprint density at radius 2 is 1.70 bits per heavy atom. The van der Waals surface area contributed by atoms with E-state index in [1.54, 1.807) is 34.2 Å². The second-order valence-corrected chi connectivity index (χ2v) is 8.77. The van der Waals surface area contributed by atoms with E-state index in [1.807, 2.05) is 18.2 Å². The van der Waals surface area contributed by atoms with Crippen LogP contribution in [0, 0.1) is 0 Å². The summed E-state index contributed by atoms with van der Waals surface area (Å²) in [5.41, 5.74) is 1.24. The predicted octanol–water partition coefficient (Wildman–Crippen LogP) is 3.07. The fraction of sp³-hybridized carbons (Fsp3) is 0.263. The molecule has 0 unspecified atom stereocenters. The molecule has 2 heterocycles. The maximum Gasteiger partial charge on any atom is 0.286 e. The van der Waals surface area contributed by atoms with Gasteiger partial charge in [-0.3, -0.25) is 9.80 Å². The molecule has 2 aromatic rings. The van der Waals surface area contributed by atoms with E-state index >= 15 is 0 Å². The number of nitrogens with zero attached hydrogens (tertiary/aromatic N) is 3. The number of anilines is 1. The van der Waals surface area contributed by atoms with Gasteiger partial charge >= 0.3 is 0 Å². The number of likely N-dealkylation sites (tertiary alicyclic amines) is 1. The van der Waals surface area contributed by atoms with E-state index in [1.165, 1.54) is 6.07 Å². The number of hydrogen-bond acceptors (Lipinski definition) is 5. The van der Waals surface area contributed by atoms with Crippen molar-refractivity contribution >= 4 is 38.1 Å². The third kappa shape index (κ3) is 3.21. The zero-order valence-electron chi connectivity index (χ0n) is 14.5. The predicted molar refractivity (Wildman–Crippen MR) is 105 cm³/mol. The topological polar surface area (TPSA) is 70.0 Å². The minimum Gasteiger partial charge on any atom is -0.337 e. The van der Waals surface area contributed by atoms with E-state index in [-0.39, 0.29) is 11.4 Å². The molecule has 0 saturated carbocycles. The second kappa shape index (κ2) is 6.98. The first-order chi connectivity index (χ1) is 13.0. The van der Waals surface area contributed by atoms with E-state index in [2.05, 4.69) is 5.10 Å². The molecule has 1 fully saturated rings. The first kappa shape index (κ1) is 18.0. The van der Waals surface area contributed by atoms with Gasteiger partial charge in [0.1, 0.15) is 0 Å². The van der Waals surface area contributed by atoms with Crippen LogP contribution in [0.4, 0.5) is 5.69 Å². The molecule has 1 amide bonds. The van der Waals surface area contributed by atoms with Crippen molar-refractivity contribution in [2.75, 3.05) is 18.1 Å². The molecule has 4 rings (SSSR count). The molecule has 27 heavy (non-hydrogen) atoms. The fourth-order valence-corrected chi connectivity index (χ4v) is 5.02. The maximum atomic E-state index is 13.0. The molecule has 0 aliphatic carbocycles. The molecule has 0 N–H and O–H groups in total. The van der Waals surface area contributed by atoms with Crippen LogP contribution in [0.3, 0.4) is 0 Å². The van der Waals surface area contributed by atoms with Crippen LogP contribution < -0.4 is 5.01 Å². The lowest BCUT2D eigenvalue weighted by Crippen LogP contribution is -2.42. The van der Waals surface area contributed by atoms with Crippen LogP contribution in [0.5, 0.6) is 0 Å². The van der Waals surface area contributed by atoms with Crippen molar-refractivity contribution in [3.8, 4) is 0 Å². The van der Waals surface area contributed by atoms with Gasteiger partial charge in [-0.05, 0) is 36.6 Å². The Balaban J connectivity index is 1.80. The fourth-order valence-electron chi connectivity index (χ4n) is 3.34. The minimum atomic E-state index is -3.97. The van der Waals surface area contributed by atoms with Gasteiger partial charge in [-0.25, -0.2) is 8.42 Å². The highest BCUT2D eigenvalue weighted by Crippen LogP contribution is 2.34. The largest absolute Gasteiger partial charge is 0.337 e. The second-order valence-electron chi connectivity index (χ2n) is 6.52. The lowest BCUT2D eigenvalue weighted by molar-refractivity contribution is -0.122. The number of para-hydroxylation sites is 1. The maximum absolute atomic E-state index is 13.0. The summed E-state index contributed by atoms with van der Waals surface area (Å²) < 4.78 is 26.1. The van der Waals surface area contributed by atoms with Crippen molar-refractivity contribution in [2.45, 2.75) is 24.3 Å². The average molecular weight is 404 g/mol. The molecule has 8 heteroatoms. The van der Waals surface area contributed by atoms with E-state index in [0.717, 1.165) is 18.4 Å². The SMILES string of the molecule is O=C(C1=NN(Cc2ccccc2Cl)c2ccccc2S1(=O)=O)N1CCCC1. The normalized spacial score (nSPS) is 18.2. The molecular weight excluding hydrogens is 386 g/mol. The van der Waals surface area contributed by atoms with Gasteiger partial charge in [0, 0.05) is 18.1 Å². The quantitative estimate of drug-likeness (QED) is 0.789. The third-order valence-corrected chi connectivity index (χ3v) is 6.81. The Morgan fingerprint density at radius 3 is 2.44 bits per heavy atom. The molecule has 6 nitrogen and oxygen atoms in total. The van der Waals surface area contributed by atoms with Crippen molar-refractivity contribution in [1.82, 2.24) is 4.90 Å². The number of halogens is 1. The summed E-state index contributed by atoms with van der Waals surface area (Å²) in [5, 5.41) is 5.95. The lowest BCUT2D eigenvalue weighted by Gasteiger charge is -2.28. The van der Waals surface area contributed by atoms with Gasteiger partial charge in [0.15, 0.2) is 0 Å². The van der Waals surface area contributed by atoms with Gasteiger partial charge in [0.2, 0.25) is 14.9 Å². The molecule has 2 aliphatic rings. The van der Waals surface area contributed by atoms with Gasteiger partial charge in [-0.1, -0.05) is 41.9 Å². The standard InChI is InChI=1S/C19H18ClN3O3S/c20-15-8-2-1-7-14(15)13-23-16-9-3-4-10-17(16)27(25,26)18(21-23)19(24)22-11-5-6-12-22/h1-4,7-10H,5-6,11-13H2. The summed E-state index contributed by atoms with van der Waals surface area (Å²) in [6, 6.07) is 13.9. The number of fused-ring (bicyclic) bond motifs is 1. The summed E-state index contributed by atoms with van der Waals surface area (Å²) in [5.74, 6) is -0.536. The first-order valence-electron chi connectivity index (χ1n) is 8.71. The molecule has 140 valence electrons. The average Bonchev–Trinajstić information content (AvgIpc) is 3.20. The Labute approximate surface area is 163 Å². The van der Waals surface area contributed by atoms with E-state index in [9.17, 15) is 13.2 Å². The van der Waals surface area contributed by atoms with Gasteiger partial charge in [-0.2, -0.15) is 5.10 Å². The van der Waals surface area contributed by atoms with Crippen molar-refractivity contribution < 1.29 is 13.2 Å². The number of benzene rings is 2. The van der Waals surface area contributed by atoms with Crippen LogP contribution in [0.1, 0.15) is 18.4 Å². The van der Waals surface area contributed by atoms with Crippen molar-refractivity contribution in [1.29, 1.82) is 0 Å². The van der Waals surface area contributed by atoms with Crippen LogP contribution in [0.2, 0.25) is 5.02 Å². The number of sulfone groups is 1. The van der Waals surface area contributed by atoms with Gasteiger partial charge in [0.05, 0.1) is 17.1 Å². The number of carbonyl (C=O) groups is 1. The van der Waals surface area contributed by atoms with E-state index in [0.29, 0.717) is 23.8 Å². The monoisotopic (exact) mass is 403 g/mol. The molecule has 0 radical (unpaired) electrons. The number of hydrazone groups is 1. The van der Waals surface area contributed by atoms with Crippen molar-refractivity contribution in [2.24, 2.45) is 5.10 Å². The van der Waals surface area contributed by atoms with Crippen molar-refractivity contribution in [3.05, 3.63) is 59.1 Å². The van der Waals surface area contributed by atoms with Gasteiger partial charge in [-0.15, -0.1) is 0 Å². The number of rotatable bonds is 3. The molecule has 2 aromatic carbocycles. The van der Waals surface area contributed by atoms with Gasteiger partial charge < -0.3 is 4.90 Å². The molecule has 0 atom stereocenters. The Morgan fingerprint density at radius 1 is 1.04 bits per heavy atom. The highest BCUT2D eigenvalue weighted by Gasteiger charge is 2.39. The smallest absolute Gasteiger partial charge is 0.286 e. The lowest BCUT2D eigenvalue weighted by atomic mass is 10.2. The summed E-state index contributed by atoms with van der Waals surface area (Å²) >= 11 is 6.26. The zero-order chi connectivity index (χ0) is 19.0. The minimum absolute atomic E-state index is 0.0922. The van der Waals surface area contributed by atoms with E-state index in [4.69, 9.17) is 11.6 Å². The summed E-state index contributed by atoms with van der Waals surface area (Å²) in [4.78, 5) is 14.5. The highest BCUT2D eigenvalue weighted by molar-refractivity contribution is 8.08. The molecule has 1 saturated heterocycles. The first-order valence-corrected chi connectivity index (χ1v) is 10.6. The third-order valence-electron chi connectivity index (χ3n) is 4.75. The van der Waals surface area contributed by atoms with Crippen LogP contribution in [0.15, 0.2) is 58.5 Å².